The molecule has 0 radical (unpaired) electrons. The second kappa shape index (κ2) is 12.4. The molecule has 0 aliphatic carbocycles. The first kappa shape index (κ1) is 33.2. The van der Waals surface area contributed by atoms with Gasteiger partial charge < -0.3 is 19.5 Å². The van der Waals surface area contributed by atoms with E-state index in [0.29, 0.717) is 52.8 Å². The van der Waals surface area contributed by atoms with Crippen LogP contribution in [0.25, 0.3) is 32.9 Å². The van der Waals surface area contributed by atoms with E-state index in [1.54, 1.807) is 24.4 Å². The lowest BCUT2D eigenvalue weighted by atomic mass is 9.85. The Morgan fingerprint density at radius 3 is 2.71 bits per heavy atom. The van der Waals surface area contributed by atoms with Gasteiger partial charge in [0.05, 0.1) is 23.0 Å². The Labute approximate surface area is 297 Å². The Bertz CT molecular complexity index is 2110. The standard InChI is InChI=1S/C40H43FN6O4/c1-6-25-9-7-10-26-17-29(48)18-30(32(25)26)34-33(41)35-31(20-42-34)36(45-21-27-11-12-28(22-45)47(27)38(49)51-39(3,4)5)44-37(43-35)50-23-40-14-8-15-46(40)16-13-24(2)19-40/h1,7,9-10,17-18,20,27-28,48H,2,8,11-16,19,21-23H2,3-5H3. The number of pyridine rings is 1. The van der Waals surface area contributed by atoms with Gasteiger partial charge in [0.15, 0.2) is 5.82 Å². The molecule has 4 aliphatic rings. The van der Waals surface area contributed by atoms with Crippen LogP contribution in [0.1, 0.15) is 64.9 Å². The zero-order valence-corrected chi connectivity index (χ0v) is 29.4. The van der Waals surface area contributed by atoms with Gasteiger partial charge in [-0.25, -0.2) is 9.18 Å². The molecule has 4 fully saturated rings. The summed E-state index contributed by atoms with van der Waals surface area (Å²) in [4.78, 5) is 34.0. The van der Waals surface area contributed by atoms with E-state index in [4.69, 9.17) is 25.9 Å². The molecule has 3 atom stereocenters. The highest BCUT2D eigenvalue weighted by molar-refractivity contribution is 6.02. The SMILES string of the molecule is C#Cc1cccc2cc(O)cc(-c3ncc4c(N5CC6CCC(C5)N6C(=O)OC(C)(C)C)nc(OCC56CCCN5CCC(=C)C6)nc4c3F)c12. The van der Waals surface area contributed by atoms with Crippen LogP contribution in [0.4, 0.5) is 15.0 Å². The Morgan fingerprint density at radius 1 is 1.18 bits per heavy atom. The molecule has 2 bridgehead atoms. The molecule has 3 unspecified atom stereocenters. The van der Waals surface area contributed by atoms with Gasteiger partial charge in [-0.05, 0) is 89.4 Å². The maximum atomic E-state index is 17.1. The quantitative estimate of drug-likeness (QED) is 0.178. The van der Waals surface area contributed by atoms with Crippen LogP contribution in [0.5, 0.6) is 11.8 Å². The van der Waals surface area contributed by atoms with Crippen molar-refractivity contribution in [1.82, 2.24) is 24.8 Å². The van der Waals surface area contributed by atoms with E-state index in [2.05, 4.69) is 27.3 Å². The van der Waals surface area contributed by atoms with Gasteiger partial charge in [0.1, 0.15) is 35.0 Å². The molecule has 6 heterocycles. The second-order valence-corrected chi connectivity index (χ2v) is 15.5. The van der Waals surface area contributed by atoms with Gasteiger partial charge in [-0.3, -0.25) is 14.8 Å². The van der Waals surface area contributed by atoms with Crippen molar-refractivity contribution in [2.75, 3.05) is 37.7 Å². The summed E-state index contributed by atoms with van der Waals surface area (Å²) in [5.74, 6) is 2.50. The molecular formula is C40H43FN6O4. The fourth-order valence-corrected chi connectivity index (χ4v) is 8.73. The summed E-state index contributed by atoms with van der Waals surface area (Å²) < 4.78 is 29.3. The topological polar surface area (TPSA) is 104 Å². The number of carbonyl (C=O) groups is 1. The van der Waals surface area contributed by atoms with Crippen LogP contribution in [0.2, 0.25) is 0 Å². The lowest BCUT2D eigenvalue weighted by Gasteiger charge is -2.43. The molecule has 4 aliphatic heterocycles. The zero-order chi connectivity index (χ0) is 35.7. The monoisotopic (exact) mass is 690 g/mol. The predicted octanol–water partition coefficient (Wildman–Crippen LogP) is 6.82. The molecule has 51 heavy (non-hydrogen) atoms. The summed E-state index contributed by atoms with van der Waals surface area (Å²) in [6, 6.07) is 8.38. The number of phenolic OH excluding ortho intramolecular Hbond substituents is 1. The van der Waals surface area contributed by atoms with E-state index in [1.807, 2.05) is 31.7 Å². The highest BCUT2D eigenvalue weighted by Gasteiger charge is 2.46. The van der Waals surface area contributed by atoms with Crippen molar-refractivity contribution in [3.05, 3.63) is 60.1 Å². The molecule has 2 aromatic carbocycles. The molecular weight excluding hydrogens is 647 g/mol. The minimum atomic E-state index is -0.665. The van der Waals surface area contributed by atoms with E-state index in [9.17, 15) is 9.90 Å². The zero-order valence-electron chi connectivity index (χ0n) is 29.4. The van der Waals surface area contributed by atoms with Gasteiger partial charge >= 0.3 is 12.1 Å². The third kappa shape index (κ3) is 5.89. The van der Waals surface area contributed by atoms with Crippen LogP contribution in [-0.4, -0.2) is 92.0 Å². The molecule has 2 aromatic heterocycles. The molecule has 4 aromatic rings. The second-order valence-electron chi connectivity index (χ2n) is 15.5. The maximum Gasteiger partial charge on any atom is 0.410 e. The van der Waals surface area contributed by atoms with Crippen molar-refractivity contribution < 1.29 is 23.8 Å². The Balaban J connectivity index is 1.22. The molecule has 8 rings (SSSR count). The molecule has 0 spiro atoms. The summed E-state index contributed by atoms with van der Waals surface area (Å²) in [6.07, 6.45) is 12.7. The number of amides is 1. The van der Waals surface area contributed by atoms with E-state index < -0.39 is 11.4 Å². The number of piperidine rings is 1. The smallest absolute Gasteiger partial charge is 0.410 e. The van der Waals surface area contributed by atoms with E-state index in [-0.39, 0.29) is 46.7 Å². The van der Waals surface area contributed by atoms with Crippen LogP contribution >= 0.6 is 0 Å². The van der Waals surface area contributed by atoms with Crippen molar-refractivity contribution in [2.24, 2.45) is 0 Å². The number of ether oxygens (including phenoxy) is 2. The first-order valence-corrected chi connectivity index (χ1v) is 17.8. The van der Waals surface area contributed by atoms with Crippen LogP contribution in [0, 0.1) is 18.2 Å². The third-order valence-corrected chi connectivity index (χ3v) is 10.9. The predicted molar refractivity (Wildman–Crippen MR) is 194 cm³/mol. The molecule has 4 saturated heterocycles. The number of aromatic hydroxyl groups is 1. The average Bonchev–Trinajstić information content (AvgIpc) is 3.63. The van der Waals surface area contributed by atoms with Crippen molar-refractivity contribution in [3.8, 4) is 35.4 Å². The van der Waals surface area contributed by atoms with Crippen molar-refractivity contribution in [2.45, 2.75) is 82.5 Å². The van der Waals surface area contributed by atoms with Gasteiger partial charge in [0.25, 0.3) is 0 Å². The number of rotatable bonds is 5. The number of terminal acetylenes is 1. The number of anilines is 1. The lowest BCUT2D eigenvalue weighted by Crippen LogP contribution is -2.57. The number of carbonyl (C=O) groups excluding carboxylic acids is 1. The van der Waals surface area contributed by atoms with Gasteiger partial charge in [0, 0.05) is 42.3 Å². The number of hydrogen-bond donors (Lipinski definition) is 1. The fraction of sp³-hybridized carbons (Fsp3) is 0.450. The highest BCUT2D eigenvalue weighted by atomic mass is 19.1. The summed E-state index contributed by atoms with van der Waals surface area (Å²) in [5, 5.41) is 12.4. The minimum Gasteiger partial charge on any atom is -0.508 e. The van der Waals surface area contributed by atoms with Gasteiger partial charge in [0.2, 0.25) is 0 Å². The molecule has 1 N–H and O–H groups in total. The number of halogens is 1. The molecule has 11 heteroatoms. The Morgan fingerprint density at radius 2 is 1.96 bits per heavy atom. The van der Waals surface area contributed by atoms with Gasteiger partial charge in [-0.1, -0.05) is 30.2 Å². The van der Waals surface area contributed by atoms with Crippen LogP contribution < -0.4 is 9.64 Å². The number of piperazine rings is 1. The Kier molecular flexibility index (Phi) is 8.06. The van der Waals surface area contributed by atoms with Crippen LogP contribution in [0.3, 0.4) is 0 Å². The first-order chi connectivity index (χ1) is 24.4. The largest absolute Gasteiger partial charge is 0.508 e. The van der Waals surface area contributed by atoms with Crippen LogP contribution in [0.15, 0.2) is 48.7 Å². The lowest BCUT2D eigenvalue weighted by molar-refractivity contribution is 0.0122. The maximum absolute atomic E-state index is 17.1. The van der Waals surface area contributed by atoms with E-state index in [0.717, 1.165) is 51.6 Å². The first-order valence-electron chi connectivity index (χ1n) is 17.8. The Hall–Kier alpha value is -4.95. The number of aromatic nitrogens is 3. The summed E-state index contributed by atoms with van der Waals surface area (Å²) in [6.45, 7) is 13.2. The van der Waals surface area contributed by atoms with Crippen molar-refractivity contribution in [3.63, 3.8) is 0 Å². The number of benzene rings is 2. The number of fused-ring (bicyclic) bond motifs is 5. The third-order valence-electron chi connectivity index (χ3n) is 10.9. The number of hydrogen-bond acceptors (Lipinski definition) is 9. The van der Waals surface area contributed by atoms with Crippen molar-refractivity contribution >= 4 is 33.6 Å². The molecule has 1 amide bonds. The van der Waals surface area contributed by atoms with Crippen molar-refractivity contribution in [1.29, 1.82) is 0 Å². The molecule has 264 valence electrons. The van der Waals surface area contributed by atoms with E-state index >= 15 is 4.39 Å². The molecule has 10 nitrogen and oxygen atoms in total. The number of nitrogens with zero attached hydrogens (tertiary/aromatic N) is 6. The average molecular weight is 691 g/mol. The van der Waals surface area contributed by atoms with Gasteiger partial charge in [-0.15, -0.1) is 6.42 Å². The fourth-order valence-electron chi connectivity index (χ4n) is 8.73. The van der Waals surface area contributed by atoms with E-state index in [1.165, 1.54) is 11.6 Å². The van der Waals surface area contributed by atoms with Crippen LogP contribution in [-0.2, 0) is 4.74 Å². The highest BCUT2D eigenvalue weighted by Crippen LogP contribution is 2.42. The normalized spacial score (nSPS) is 23.5. The summed E-state index contributed by atoms with van der Waals surface area (Å²) >= 11 is 0. The molecule has 0 saturated carbocycles. The minimum absolute atomic E-state index is 0.0145. The summed E-state index contributed by atoms with van der Waals surface area (Å²) in [5.41, 5.74) is 1.41. The number of phenols is 1. The van der Waals surface area contributed by atoms with Gasteiger partial charge in [-0.2, -0.15) is 9.97 Å². The summed E-state index contributed by atoms with van der Waals surface area (Å²) in [7, 11) is 0.